The highest BCUT2D eigenvalue weighted by molar-refractivity contribution is 6.31. The number of alkyl halides is 3. The number of rotatable bonds is 7. The number of hydrogen-bond donors (Lipinski definition) is 2. The highest BCUT2D eigenvalue weighted by atomic mass is 35.5. The highest BCUT2D eigenvalue weighted by Gasteiger charge is 2.31. The van der Waals surface area contributed by atoms with E-state index >= 15 is 0 Å². The summed E-state index contributed by atoms with van der Waals surface area (Å²) < 4.78 is 56.8. The fraction of sp³-hybridized carbons (Fsp3) is 0.407. The van der Waals surface area contributed by atoms with Crippen molar-refractivity contribution in [2.45, 2.75) is 50.2 Å². The van der Waals surface area contributed by atoms with Crippen LogP contribution in [0.4, 0.5) is 17.6 Å². The van der Waals surface area contributed by atoms with Crippen LogP contribution in [-0.2, 0) is 0 Å². The van der Waals surface area contributed by atoms with Crippen LogP contribution in [0.5, 0.6) is 5.75 Å². The predicted molar refractivity (Wildman–Crippen MR) is 136 cm³/mol. The number of carbonyl (C=O) groups is 1. The molecule has 0 bridgehead atoms. The monoisotopic (exact) mass is 567 g/mol. The number of carbonyl (C=O) groups excluding carboxylic acids is 1. The molecule has 208 valence electrons. The molecular formula is C27H26ClF4N3O4. The smallest absolute Gasteiger partial charge is 0.406 e. The molecule has 2 heterocycles. The van der Waals surface area contributed by atoms with Crippen molar-refractivity contribution in [2.24, 2.45) is 0 Å². The molecule has 3 aromatic rings. The van der Waals surface area contributed by atoms with Gasteiger partial charge in [-0.15, -0.1) is 13.2 Å². The minimum absolute atomic E-state index is 0.0491. The zero-order valence-electron chi connectivity index (χ0n) is 20.7. The maximum absolute atomic E-state index is 14.1. The molecule has 1 amide bonds. The molecule has 0 unspecified atom stereocenters. The molecule has 1 saturated carbocycles. The lowest BCUT2D eigenvalue weighted by molar-refractivity contribution is -0.274. The zero-order chi connectivity index (χ0) is 27.9. The molecule has 7 nitrogen and oxygen atoms in total. The molecule has 1 aliphatic carbocycles. The number of β-amino-alcohol motifs (C(OH)–C–C–N with tert-alkyl or cyclic N) is 1. The highest BCUT2D eigenvalue weighted by Crippen LogP contribution is 2.37. The molecular weight excluding hydrogens is 542 g/mol. The van der Waals surface area contributed by atoms with Crippen LogP contribution in [0, 0.1) is 5.82 Å². The summed E-state index contributed by atoms with van der Waals surface area (Å²) in [5.41, 5.74) is 0.356. The first kappa shape index (κ1) is 27.4. The van der Waals surface area contributed by atoms with Crippen molar-refractivity contribution >= 4 is 28.4 Å². The van der Waals surface area contributed by atoms with Gasteiger partial charge in [0.15, 0.2) is 0 Å². The van der Waals surface area contributed by atoms with Gasteiger partial charge in [-0.25, -0.2) is 4.39 Å². The second-order valence-corrected chi connectivity index (χ2v) is 10.4. The van der Waals surface area contributed by atoms with Gasteiger partial charge >= 0.3 is 6.36 Å². The summed E-state index contributed by atoms with van der Waals surface area (Å²) in [7, 11) is 0. The van der Waals surface area contributed by atoms with Crippen LogP contribution >= 0.6 is 11.6 Å². The van der Waals surface area contributed by atoms with Crippen LogP contribution < -0.4 is 15.5 Å². The van der Waals surface area contributed by atoms with Gasteiger partial charge in [-0.3, -0.25) is 9.59 Å². The maximum atomic E-state index is 14.1. The van der Waals surface area contributed by atoms with E-state index in [2.05, 4.69) is 10.1 Å². The second-order valence-electron chi connectivity index (χ2n) is 9.97. The van der Waals surface area contributed by atoms with Crippen molar-refractivity contribution in [1.82, 2.24) is 14.8 Å². The molecule has 1 aliphatic heterocycles. The number of piperidine rings is 1. The molecule has 12 heteroatoms. The Labute approximate surface area is 225 Å². The number of nitrogens with zero attached hydrogens (tertiary/aromatic N) is 2. The molecule has 1 atom stereocenters. The second kappa shape index (κ2) is 10.8. The molecule has 1 aromatic heterocycles. The number of benzene rings is 2. The largest absolute Gasteiger partial charge is 0.573 e. The first-order valence-corrected chi connectivity index (χ1v) is 13.0. The van der Waals surface area contributed by atoms with Crippen molar-refractivity contribution in [3.05, 3.63) is 74.8 Å². The standard InChI is InChI=1S/C27H26ClF4N3O4/c28-21-12-23-19(11-22(21)29)25(37)20(13-35(23)17-3-4-17)26(38)33-16-7-9-34(10-8-16)14-24(36)15-1-5-18(6-2-15)39-27(30,31)32/h1-2,5-6,11-13,16-17,24,36H,3-4,7-10,14H2,(H,33,38)/t24-/m1/s1. The first-order chi connectivity index (χ1) is 18.5. The predicted octanol–water partition coefficient (Wildman–Crippen LogP) is 4.96. The van der Waals surface area contributed by atoms with E-state index in [1.165, 1.54) is 24.4 Å². The van der Waals surface area contributed by atoms with Gasteiger partial charge in [0.05, 0.1) is 16.6 Å². The third-order valence-corrected chi connectivity index (χ3v) is 7.40. The molecule has 0 spiro atoms. The van der Waals surface area contributed by atoms with Crippen LogP contribution in [-0.4, -0.2) is 52.5 Å². The summed E-state index contributed by atoms with van der Waals surface area (Å²) in [5, 5.41) is 13.5. The van der Waals surface area contributed by atoms with E-state index in [4.69, 9.17) is 11.6 Å². The number of likely N-dealkylation sites (tertiary alicyclic amines) is 1. The van der Waals surface area contributed by atoms with E-state index in [1.54, 1.807) is 0 Å². The van der Waals surface area contributed by atoms with E-state index < -0.39 is 29.6 Å². The van der Waals surface area contributed by atoms with Gasteiger partial charge in [-0.2, -0.15) is 0 Å². The molecule has 39 heavy (non-hydrogen) atoms. The summed E-state index contributed by atoms with van der Waals surface area (Å²) in [4.78, 5) is 28.2. The van der Waals surface area contributed by atoms with Crippen molar-refractivity contribution in [3.63, 3.8) is 0 Å². The van der Waals surface area contributed by atoms with Gasteiger partial charge in [0, 0.05) is 43.3 Å². The number of aliphatic hydroxyl groups is 1. The van der Waals surface area contributed by atoms with E-state index in [0.717, 1.165) is 31.0 Å². The molecule has 5 rings (SSSR count). The first-order valence-electron chi connectivity index (χ1n) is 12.6. The summed E-state index contributed by atoms with van der Waals surface area (Å²) in [5.74, 6) is -1.60. The average molecular weight is 568 g/mol. The van der Waals surface area contributed by atoms with Gasteiger partial charge in [-0.05, 0) is 55.5 Å². The van der Waals surface area contributed by atoms with E-state index in [0.29, 0.717) is 37.0 Å². The Morgan fingerprint density at radius 1 is 1.13 bits per heavy atom. The fourth-order valence-corrected chi connectivity index (χ4v) is 5.08. The number of halogens is 5. The molecule has 2 fully saturated rings. The quantitative estimate of drug-likeness (QED) is 0.395. The van der Waals surface area contributed by atoms with Gasteiger partial charge in [-0.1, -0.05) is 23.7 Å². The van der Waals surface area contributed by atoms with Crippen LogP contribution in [0.3, 0.4) is 0 Å². The Morgan fingerprint density at radius 3 is 2.41 bits per heavy atom. The lowest BCUT2D eigenvalue weighted by Gasteiger charge is -2.33. The minimum Gasteiger partial charge on any atom is -0.406 e. The number of pyridine rings is 1. The van der Waals surface area contributed by atoms with Crippen molar-refractivity contribution in [1.29, 1.82) is 0 Å². The lowest BCUT2D eigenvalue weighted by atomic mass is 10.0. The molecule has 2 aromatic carbocycles. The lowest BCUT2D eigenvalue weighted by Crippen LogP contribution is -2.46. The Hall–Kier alpha value is -3.15. The number of hydrogen-bond acceptors (Lipinski definition) is 5. The van der Waals surface area contributed by atoms with Crippen LogP contribution in [0.2, 0.25) is 5.02 Å². The van der Waals surface area contributed by atoms with Crippen LogP contribution in [0.25, 0.3) is 10.9 Å². The van der Waals surface area contributed by atoms with E-state index in [-0.39, 0.29) is 40.4 Å². The minimum atomic E-state index is -4.78. The third-order valence-electron chi connectivity index (χ3n) is 7.11. The zero-order valence-corrected chi connectivity index (χ0v) is 21.4. The maximum Gasteiger partial charge on any atom is 0.573 e. The topological polar surface area (TPSA) is 83.8 Å². The third kappa shape index (κ3) is 6.37. The number of nitrogens with one attached hydrogen (secondary N) is 1. The van der Waals surface area contributed by atoms with Gasteiger partial charge in [0.25, 0.3) is 5.91 Å². The van der Waals surface area contributed by atoms with Gasteiger partial charge < -0.3 is 24.6 Å². The summed E-state index contributed by atoms with van der Waals surface area (Å²) >= 11 is 5.94. The van der Waals surface area contributed by atoms with Crippen LogP contribution in [0.15, 0.2) is 47.4 Å². The molecule has 2 aliphatic rings. The summed E-state index contributed by atoms with van der Waals surface area (Å²) in [6, 6.07) is 7.51. The molecule has 1 saturated heterocycles. The van der Waals surface area contributed by atoms with Gasteiger partial charge in [0.2, 0.25) is 5.43 Å². The summed E-state index contributed by atoms with van der Waals surface area (Å²) in [6.45, 7) is 1.39. The number of aromatic nitrogens is 1. The Morgan fingerprint density at radius 2 is 1.79 bits per heavy atom. The van der Waals surface area contributed by atoms with E-state index in [1.807, 2.05) is 9.47 Å². The molecule has 2 N–H and O–H groups in total. The molecule has 0 radical (unpaired) electrons. The number of aliphatic hydroxyl groups excluding tert-OH is 1. The Kier molecular flexibility index (Phi) is 7.58. The van der Waals surface area contributed by atoms with Crippen molar-refractivity contribution < 1.29 is 32.2 Å². The van der Waals surface area contributed by atoms with Crippen molar-refractivity contribution in [2.75, 3.05) is 19.6 Å². The SMILES string of the molecule is O=C(NC1CCN(C[C@@H](O)c2ccc(OC(F)(F)F)cc2)CC1)c1cn(C2CC2)c2cc(Cl)c(F)cc2c1=O. The number of amides is 1. The normalized spacial score (nSPS) is 17.8. The average Bonchev–Trinajstić information content (AvgIpc) is 3.71. The summed E-state index contributed by atoms with van der Waals surface area (Å²) in [6.07, 6.45) is -1.23. The Bertz CT molecular complexity index is 1430. The number of fused-ring (bicyclic) bond motifs is 1. The fourth-order valence-electron chi connectivity index (χ4n) is 4.93. The van der Waals surface area contributed by atoms with Crippen molar-refractivity contribution in [3.8, 4) is 5.75 Å². The van der Waals surface area contributed by atoms with Crippen LogP contribution in [0.1, 0.15) is 53.8 Å². The number of ether oxygens (including phenoxy) is 1. The van der Waals surface area contributed by atoms with Gasteiger partial charge in [0.1, 0.15) is 17.1 Å². The van der Waals surface area contributed by atoms with E-state index in [9.17, 15) is 32.3 Å². The Balaban J connectivity index is 1.20.